The van der Waals surface area contributed by atoms with Crippen LogP contribution in [-0.2, 0) is 16.2 Å². The molecule has 126 valence electrons. The van der Waals surface area contributed by atoms with Crippen LogP contribution < -0.4 is 4.72 Å². The lowest BCUT2D eigenvalue weighted by atomic mass is 10.2. The minimum absolute atomic E-state index is 0.117. The van der Waals surface area contributed by atoms with Crippen LogP contribution in [0.4, 0.5) is 17.6 Å². The fourth-order valence-corrected chi connectivity index (χ4v) is 2.66. The maximum atomic E-state index is 13.3. The average molecular weight is 357 g/mol. The molecule has 24 heavy (non-hydrogen) atoms. The van der Waals surface area contributed by atoms with Gasteiger partial charge in [0, 0.05) is 0 Å². The van der Waals surface area contributed by atoms with E-state index in [9.17, 15) is 26.0 Å². The highest BCUT2D eigenvalue weighted by Gasteiger charge is 2.30. The molecule has 0 heterocycles. The molecule has 0 aliphatic carbocycles. The van der Waals surface area contributed by atoms with Crippen molar-refractivity contribution in [1.29, 1.82) is 0 Å². The third-order valence-electron chi connectivity index (χ3n) is 2.94. The molecule has 0 fully saturated rings. The standard InChI is InChI=1S/C16H11F4NO2S/c17-15-6-2-1-4-12(15)5-3-11-21-24(22,23)14-9-7-13(8-10-14)16(18,19)20/h1-2,4,6-10,21H,11H2. The Bertz CT molecular complexity index is 879. The van der Waals surface area contributed by atoms with Gasteiger partial charge in [0.1, 0.15) is 5.82 Å². The summed E-state index contributed by atoms with van der Waals surface area (Å²) in [7, 11) is -4.00. The average Bonchev–Trinajstić information content (AvgIpc) is 2.52. The van der Waals surface area contributed by atoms with Crippen LogP contribution in [-0.4, -0.2) is 15.0 Å². The van der Waals surface area contributed by atoms with E-state index in [0.717, 1.165) is 12.1 Å². The summed E-state index contributed by atoms with van der Waals surface area (Å²) < 4.78 is 76.6. The van der Waals surface area contributed by atoms with Gasteiger partial charge in [-0.05, 0) is 36.4 Å². The topological polar surface area (TPSA) is 46.2 Å². The second-order valence-electron chi connectivity index (χ2n) is 4.63. The van der Waals surface area contributed by atoms with Crippen molar-refractivity contribution >= 4 is 10.0 Å². The van der Waals surface area contributed by atoms with Crippen molar-refractivity contribution in [2.75, 3.05) is 6.54 Å². The first-order valence-corrected chi connectivity index (χ1v) is 8.09. The molecule has 0 atom stereocenters. The van der Waals surface area contributed by atoms with Gasteiger partial charge in [-0.15, -0.1) is 0 Å². The maximum absolute atomic E-state index is 13.3. The Morgan fingerprint density at radius 3 is 2.21 bits per heavy atom. The Balaban J connectivity index is 2.06. The van der Waals surface area contributed by atoms with Crippen LogP contribution in [0.15, 0.2) is 53.4 Å². The number of hydrogen-bond donors (Lipinski definition) is 1. The van der Waals surface area contributed by atoms with E-state index in [-0.39, 0.29) is 17.0 Å². The summed E-state index contributed by atoms with van der Waals surface area (Å²) >= 11 is 0. The summed E-state index contributed by atoms with van der Waals surface area (Å²) in [4.78, 5) is -0.316. The molecule has 2 aromatic carbocycles. The molecule has 0 amide bonds. The smallest absolute Gasteiger partial charge is 0.207 e. The maximum Gasteiger partial charge on any atom is 0.416 e. The molecule has 0 saturated carbocycles. The van der Waals surface area contributed by atoms with Crippen LogP contribution in [0.5, 0.6) is 0 Å². The summed E-state index contributed by atoms with van der Waals surface area (Å²) in [6.07, 6.45) is -4.54. The van der Waals surface area contributed by atoms with E-state index >= 15 is 0 Å². The second-order valence-corrected chi connectivity index (χ2v) is 6.40. The van der Waals surface area contributed by atoms with Gasteiger partial charge >= 0.3 is 6.18 Å². The highest BCUT2D eigenvalue weighted by molar-refractivity contribution is 7.89. The van der Waals surface area contributed by atoms with Crippen LogP contribution in [0.25, 0.3) is 0 Å². The number of benzene rings is 2. The summed E-state index contributed by atoms with van der Waals surface area (Å²) in [6.45, 7) is -0.308. The van der Waals surface area contributed by atoms with Gasteiger partial charge < -0.3 is 0 Å². The summed E-state index contributed by atoms with van der Waals surface area (Å²) in [5.41, 5.74) is -0.827. The third kappa shape index (κ3) is 4.57. The molecule has 0 aliphatic rings. The SMILES string of the molecule is O=S(=O)(NCC#Cc1ccccc1F)c1ccc(C(F)(F)F)cc1. The Kier molecular flexibility index (Phi) is 5.26. The Morgan fingerprint density at radius 2 is 1.62 bits per heavy atom. The number of halogens is 4. The highest BCUT2D eigenvalue weighted by Crippen LogP contribution is 2.29. The van der Waals surface area contributed by atoms with E-state index in [4.69, 9.17) is 0 Å². The lowest BCUT2D eigenvalue weighted by Crippen LogP contribution is -2.24. The van der Waals surface area contributed by atoms with E-state index in [0.29, 0.717) is 12.1 Å². The lowest BCUT2D eigenvalue weighted by Gasteiger charge is -2.08. The van der Waals surface area contributed by atoms with Gasteiger partial charge in [-0.3, -0.25) is 0 Å². The zero-order chi connectivity index (χ0) is 17.8. The molecule has 0 radical (unpaired) electrons. The fraction of sp³-hybridized carbons (Fsp3) is 0.125. The van der Waals surface area contributed by atoms with Crippen LogP contribution in [0.1, 0.15) is 11.1 Å². The number of alkyl halides is 3. The zero-order valence-corrected chi connectivity index (χ0v) is 12.9. The minimum Gasteiger partial charge on any atom is -0.207 e. The van der Waals surface area contributed by atoms with E-state index < -0.39 is 27.6 Å². The van der Waals surface area contributed by atoms with Gasteiger partial charge in [0.2, 0.25) is 10.0 Å². The largest absolute Gasteiger partial charge is 0.416 e. The van der Waals surface area contributed by atoms with Crippen molar-refractivity contribution in [3.8, 4) is 11.8 Å². The molecule has 3 nitrogen and oxygen atoms in total. The monoisotopic (exact) mass is 357 g/mol. The Hall–Kier alpha value is -2.37. The molecule has 1 N–H and O–H groups in total. The van der Waals surface area contributed by atoms with Crippen molar-refractivity contribution in [3.05, 3.63) is 65.5 Å². The predicted octanol–water partition coefficient (Wildman–Crippen LogP) is 3.17. The zero-order valence-electron chi connectivity index (χ0n) is 12.1. The Morgan fingerprint density at radius 1 is 1.00 bits per heavy atom. The number of sulfonamides is 1. The van der Waals surface area contributed by atoms with Crippen molar-refractivity contribution < 1.29 is 26.0 Å². The molecule has 8 heteroatoms. The first kappa shape index (κ1) is 18.0. The van der Waals surface area contributed by atoms with Crippen LogP contribution in [0, 0.1) is 17.7 Å². The quantitative estimate of drug-likeness (QED) is 0.678. The second kappa shape index (κ2) is 7.03. The van der Waals surface area contributed by atoms with Gasteiger partial charge in [0.25, 0.3) is 0 Å². The fourth-order valence-electron chi connectivity index (χ4n) is 1.74. The van der Waals surface area contributed by atoms with Crippen LogP contribution >= 0.6 is 0 Å². The van der Waals surface area contributed by atoms with Gasteiger partial charge in [-0.25, -0.2) is 12.8 Å². The molecule has 0 spiro atoms. The molecule has 0 saturated heterocycles. The van der Waals surface area contributed by atoms with Crippen molar-refractivity contribution in [1.82, 2.24) is 4.72 Å². The van der Waals surface area contributed by atoms with Crippen molar-refractivity contribution in [2.45, 2.75) is 11.1 Å². The molecule has 0 aromatic heterocycles. The van der Waals surface area contributed by atoms with Gasteiger partial charge in [0.15, 0.2) is 0 Å². The summed E-state index contributed by atoms with van der Waals surface area (Å²) in [5.74, 6) is 4.38. The van der Waals surface area contributed by atoms with Crippen LogP contribution in [0.2, 0.25) is 0 Å². The third-order valence-corrected chi connectivity index (χ3v) is 4.36. The first-order chi connectivity index (χ1) is 11.2. The molecular weight excluding hydrogens is 346 g/mol. The lowest BCUT2D eigenvalue weighted by molar-refractivity contribution is -0.137. The molecule has 2 aromatic rings. The molecule has 0 bridgehead atoms. The van der Waals surface area contributed by atoms with Crippen molar-refractivity contribution in [2.24, 2.45) is 0 Å². The van der Waals surface area contributed by atoms with E-state index in [1.165, 1.54) is 18.2 Å². The van der Waals surface area contributed by atoms with Gasteiger partial charge in [-0.2, -0.15) is 17.9 Å². The van der Waals surface area contributed by atoms with E-state index in [1.807, 2.05) is 0 Å². The van der Waals surface area contributed by atoms with Gasteiger partial charge in [0.05, 0.1) is 22.6 Å². The molecule has 2 rings (SSSR count). The normalized spacial score (nSPS) is 11.7. The van der Waals surface area contributed by atoms with E-state index in [2.05, 4.69) is 16.6 Å². The summed E-state index contributed by atoms with van der Waals surface area (Å²) in [5, 5.41) is 0. The molecule has 0 aliphatic heterocycles. The Labute approximate surface area is 136 Å². The number of nitrogens with one attached hydrogen (secondary N) is 1. The minimum atomic E-state index is -4.54. The van der Waals surface area contributed by atoms with Crippen molar-refractivity contribution in [3.63, 3.8) is 0 Å². The highest BCUT2D eigenvalue weighted by atomic mass is 32.2. The van der Waals surface area contributed by atoms with E-state index in [1.54, 1.807) is 6.07 Å². The summed E-state index contributed by atoms with van der Waals surface area (Å²) in [6, 6.07) is 8.81. The predicted molar refractivity (Wildman–Crippen MR) is 79.9 cm³/mol. The molecular formula is C16H11F4NO2S. The van der Waals surface area contributed by atoms with Crippen LogP contribution in [0.3, 0.4) is 0 Å². The number of rotatable bonds is 3. The molecule has 0 unspecified atom stereocenters. The van der Waals surface area contributed by atoms with Gasteiger partial charge in [-0.1, -0.05) is 24.0 Å². The first-order valence-electron chi connectivity index (χ1n) is 6.60. The number of hydrogen-bond acceptors (Lipinski definition) is 2.